The number of ether oxygens (including phenoxy) is 1. The number of aromatic amines is 1. The number of nitrogens with one attached hydrogen (secondary N) is 1. The fourth-order valence-corrected chi connectivity index (χ4v) is 1.52. The van der Waals surface area contributed by atoms with E-state index < -0.39 is 0 Å². The minimum Gasteiger partial charge on any atom is -0.491 e. The van der Waals surface area contributed by atoms with Gasteiger partial charge < -0.3 is 9.72 Å². The van der Waals surface area contributed by atoms with Crippen molar-refractivity contribution in [1.29, 1.82) is 0 Å². The van der Waals surface area contributed by atoms with Gasteiger partial charge in [-0.25, -0.2) is 0 Å². The van der Waals surface area contributed by atoms with Crippen LogP contribution in [0.1, 0.15) is 13.3 Å². The first-order chi connectivity index (χ1) is 7.42. The van der Waals surface area contributed by atoms with Crippen LogP contribution in [0, 0.1) is 0 Å². The molecule has 2 heteroatoms. The van der Waals surface area contributed by atoms with Crippen molar-refractivity contribution in [3.8, 4) is 17.0 Å². The average molecular weight is 201 g/mol. The molecule has 0 amide bonds. The van der Waals surface area contributed by atoms with Crippen molar-refractivity contribution < 1.29 is 4.74 Å². The lowest BCUT2D eigenvalue weighted by atomic mass is 10.1. The summed E-state index contributed by atoms with van der Waals surface area (Å²) in [5.74, 6) is 0.933. The van der Waals surface area contributed by atoms with E-state index in [1.165, 1.54) is 0 Å². The Balaban J connectivity index is 2.25. The molecule has 0 atom stereocenters. The number of hydrogen-bond donors (Lipinski definition) is 1. The molecule has 78 valence electrons. The quantitative estimate of drug-likeness (QED) is 0.805. The first-order valence-corrected chi connectivity index (χ1v) is 5.27. The number of benzene rings is 1. The van der Waals surface area contributed by atoms with Crippen molar-refractivity contribution >= 4 is 0 Å². The van der Waals surface area contributed by atoms with Crippen LogP contribution in [0.3, 0.4) is 0 Å². The number of H-pyrrole nitrogens is 1. The van der Waals surface area contributed by atoms with Crippen LogP contribution in [-0.2, 0) is 0 Å². The Bertz CT molecular complexity index is 405. The van der Waals surface area contributed by atoms with Crippen molar-refractivity contribution in [3.63, 3.8) is 0 Å². The smallest absolute Gasteiger partial charge is 0.144 e. The highest BCUT2D eigenvalue weighted by Crippen LogP contribution is 2.28. The van der Waals surface area contributed by atoms with E-state index in [-0.39, 0.29) is 0 Å². The molecule has 0 spiro atoms. The van der Waals surface area contributed by atoms with Gasteiger partial charge in [0.1, 0.15) is 5.75 Å². The average Bonchev–Trinajstić information content (AvgIpc) is 2.75. The summed E-state index contributed by atoms with van der Waals surface area (Å²) >= 11 is 0. The molecule has 1 heterocycles. The van der Waals surface area contributed by atoms with Gasteiger partial charge in [-0.3, -0.25) is 0 Å². The maximum absolute atomic E-state index is 5.65. The molecule has 0 aliphatic rings. The third-order valence-electron chi connectivity index (χ3n) is 2.23. The molecule has 2 nitrogen and oxygen atoms in total. The fraction of sp³-hybridized carbons (Fsp3) is 0.231. The second-order valence-electron chi connectivity index (χ2n) is 3.43. The van der Waals surface area contributed by atoms with E-state index in [2.05, 4.69) is 24.0 Å². The highest BCUT2D eigenvalue weighted by Gasteiger charge is 2.05. The fourth-order valence-electron chi connectivity index (χ4n) is 1.52. The van der Waals surface area contributed by atoms with E-state index in [1.807, 2.05) is 30.5 Å². The highest BCUT2D eigenvalue weighted by molar-refractivity contribution is 5.66. The Kier molecular flexibility index (Phi) is 3.08. The van der Waals surface area contributed by atoms with Gasteiger partial charge in [0.25, 0.3) is 0 Å². The van der Waals surface area contributed by atoms with Crippen molar-refractivity contribution in [1.82, 2.24) is 4.98 Å². The van der Waals surface area contributed by atoms with Gasteiger partial charge in [0.2, 0.25) is 0 Å². The zero-order chi connectivity index (χ0) is 10.5. The zero-order valence-electron chi connectivity index (χ0n) is 8.86. The van der Waals surface area contributed by atoms with Gasteiger partial charge in [-0.15, -0.1) is 0 Å². The molecule has 1 aromatic carbocycles. The first kappa shape index (κ1) is 9.84. The summed E-state index contributed by atoms with van der Waals surface area (Å²) in [6.45, 7) is 2.87. The van der Waals surface area contributed by atoms with Crippen molar-refractivity contribution in [2.75, 3.05) is 6.61 Å². The van der Waals surface area contributed by atoms with Crippen LogP contribution in [0.2, 0.25) is 0 Å². The van der Waals surface area contributed by atoms with Gasteiger partial charge in [-0.1, -0.05) is 37.3 Å². The third-order valence-corrected chi connectivity index (χ3v) is 2.23. The molecule has 0 radical (unpaired) electrons. The summed E-state index contributed by atoms with van der Waals surface area (Å²) in [7, 11) is 0. The monoisotopic (exact) mass is 201 g/mol. The lowest BCUT2D eigenvalue weighted by Gasteiger charge is -2.05. The second-order valence-corrected chi connectivity index (χ2v) is 3.43. The summed E-state index contributed by atoms with van der Waals surface area (Å²) in [5.41, 5.74) is 2.22. The molecule has 2 aromatic rings. The Morgan fingerprint density at radius 1 is 1.13 bits per heavy atom. The first-order valence-electron chi connectivity index (χ1n) is 5.27. The molecule has 0 aliphatic heterocycles. The van der Waals surface area contributed by atoms with Gasteiger partial charge in [0, 0.05) is 11.8 Å². The number of rotatable bonds is 4. The maximum Gasteiger partial charge on any atom is 0.144 e. The third kappa shape index (κ3) is 2.21. The molecule has 0 unspecified atom stereocenters. The molecule has 0 bridgehead atoms. The summed E-state index contributed by atoms with van der Waals surface area (Å²) in [6, 6.07) is 12.2. The summed E-state index contributed by atoms with van der Waals surface area (Å²) in [6.07, 6.45) is 2.94. The van der Waals surface area contributed by atoms with Crippen LogP contribution in [-0.4, -0.2) is 11.6 Å². The van der Waals surface area contributed by atoms with Crippen LogP contribution in [0.15, 0.2) is 42.6 Å². The molecular weight excluding hydrogens is 186 g/mol. The summed E-state index contributed by atoms with van der Waals surface area (Å²) in [4.78, 5) is 3.21. The van der Waals surface area contributed by atoms with E-state index in [4.69, 9.17) is 4.74 Å². The van der Waals surface area contributed by atoms with Crippen molar-refractivity contribution in [2.24, 2.45) is 0 Å². The molecule has 0 aliphatic carbocycles. The largest absolute Gasteiger partial charge is 0.491 e. The lowest BCUT2D eigenvalue weighted by Crippen LogP contribution is -1.95. The molecule has 0 fully saturated rings. The molecule has 0 saturated heterocycles. The summed E-state index contributed by atoms with van der Waals surface area (Å²) < 4.78 is 5.65. The minimum atomic E-state index is 0.762. The minimum absolute atomic E-state index is 0.762. The van der Waals surface area contributed by atoms with Gasteiger partial charge in [0.05, 0.1) is 12.3 Å². The Labute approximate surface area is 89.9 Å². The summed E-state index contributed by atoms with van der Waals surface area (Å²) in [5, 5.41) is 0. The maximum atomic E-state index is 5.65. The van der Waals surface area contributed by atoms with Crippen LogP contribution < -0.4 is 4.74 Å². The molecule has 1 N–H and O–H groups in total. The van der Waals surface area contributed by atoms with E-state index in [1.54, 1.807) is 0 Å². The second kappa shape index (κ2) is 4.69. The van der Waals surface area contributed by atoms with Crippen molar-refractivity contribution in [3.05, 3.63) is 42.6 Å². The van der Waals surface area contributed by atoms with Crippen LogP contribution in [0.5, 0.6) is 5.75 Å². The van der Waals surface area contributed by atoms with Gasteiger partial charge in [-0.2, -0.15) is 0 Å². The molecule has 1 aromatic heterocycles. The number of aromatic nitrogens is 1. The van der Waals surface area contributed by atoms with E-state index >= 15 is 0 Å². The number of hydrogen-bond acceptors (Lipinski definition) is 1. The highest BCUT2D eigenvalue weighted by atomic mass is 16.5. The molecule has 0 saturated carbocycles. The van der Waals surface area contributed by atoms with Crippen LogP contribution >= 0.6 is 0 Å². The van der Waals surface area contributed by atoms with Gasteiger partial charge in [0.15, 0.2) is 0 Å². The Hall–Kier alpha value is -1.70. The van der Waals surface area contributed by atoms with Crippen molar-refractivity contribution in [2.45, 2.75) is 13.3 Å². The Morgan fingerprint density at radius 2 is 1.93 bits per heavy atom. The Morgan fingerprint density at radius 3 is 2.67 bits per heavy atom. The van der Waals surface area contributed by atoms with E-state index in [0.717, 1.165) is 30.0 Å². The van der Waals surface area contributed by atoms with Crippen LogP contribution in [0.4, 0.5) is 0 Å². The van der Waals surface area contributed by atoms with E-state index in [0.29, 0.717) is 0 Å². The normalized spacial score (nSPS) is 10.2. The molecule has 15 heavy (non-hydrogen) atoms. The SMILES string of the molecule is CCCOc1cc[nH]c1-c1ccccc1. The predicted octanol–water partition coefficient (Wildman–Crippen LogP) is 3.47. The molecule has 2 rings (SSSR count). The van der Waals surface area contributed by atoms with Gasteiger partial charge in [-0.05, 0) is 12.5 Å². The van der Waals surface area contributed by atoms with Crippen LogP contribution in [0.25, 0.3) is 11.3 Å². The lowest BCUT2D eigenvalue weighted by molar-refractivity contribution is 0.319. The predicted molar refractivity (Wildman–Crippen MR) is 62.0 cm³/mol. The van der Waals surface area contributed by atoms with Gasteiger partial charge >= 0.3 is 0 Å². The molecular formula is C13H15NO. The standard InChI is InChI=1S/C13H15NO/c1-2-10-15-12-8-9-14-13(12)11-6-4-3-5-7-11/h3-9,14H,2,10H2,1H3. The zero-order valence-corrected chi connectivity index (χ0v) is 8.86. The van der Waals surface area contributed by atoms with E-state index in [9.17, 15) is 0 Å². The topological polar surface area (TPSA) is 25.0 Å².